The Labute approximate surface area is 256 Å². The molecule has 0 fully saturated rings. The average molecular weight is 608 g/mol. The van der Waals surface area contributed by atoms with Crippen LogP contribution in [0.1, 0.15) is 16.8 Å². The molecule has 0 saturated heterocycles. The van der Waals surface area contributed by atoms with Gasteiger partial charge in [0.1, 0.15) is 30.2 Å². The zero-order valence-electron chi connectivity index (χ0n) is 23.6. The maximum Gasteiger partial charge on any atom is 0.336 e. The number of aromatic nitrogens is 5. The number of benzene rings is 3. The molecule has 3 aromatic carbocycles. The van der Waals surface area contributed by atoms with E-state index in [0.29, 0.717) is 40.9 Å². The normalized spacial score (nSPS) is 11.3. The summed E-state index contributed by atoms with van der Waals surface area (Å²) in [6.45, 7) is 2.53. The standard InChI is InChI=1S/C33H26ClN5O5/c1-22-17-32(41)44-30-18-28(12-13-29(22)30)42-16-15-38-20-26(35-37-38)21-43-31(40)14-9-24-19-39(27-5-3-2-4-6-27)36-33(24)23-7-10-25(34)11-8-23/h2-14,17-20H,15-16,21H2,1H3/b14-9+. The van der Waals surface area contributed by atoms with Crippen LogP contribution >= 0.6 is 11.6 Å². The van der Waals surface area contributed by atoms with Crippen LogP contribution in [-0.2, 0) is 22.7 Å². The highest BCUT2D eigenvalue weighted by molar-refractivity contribution is 6.30. The van der Waals surface area contributed by atoms with Gasteiger partial charge in [-0.2, -0.15) is 5.10 Å². The lowest BCUT2D eigenvalue weighted by molar-refractivity contribution is -0.139. The van der Waals surface area contributed by atoms with Gasteiger partial charge in [0.2, 0.25) is 0 Å². The predicted octanol–water partition coefficient (Wildman–Crippen LogP) is 6.03. The first-order chi connectivity index (χ1) is 21.4. The van der Waals surface area contributed by atoms with Gasteiger partial charge in [-0.25, -0.2) is 19.0 Å². The van der Waals surface area contributed by atoms with Crippen LogP contribution in [0.25, 0.3) is 34.0 Å². The molecule has 0 atom stereocenters. The van der Waals surface area contributed by atoms with Gasteiger partial charge in [-0.1, -0.05) is 47.1 Å². The lowest BCUT2D eigenvalue weighted by atomic mass is 10.1. The summed E-state index contributed by atoms with van der Waals surface area (Å²) in [6, 6.07) is 23.9. The second-order valence-corrected chi connectivity index (χ2v) is 10.3. The number of aryl methyl sites for hydroxylation is 1. The van der Waals surface area contributed by atoms with E-state index in [9.17, 15) is 9.59 Å². The van der Waals surface area contributed by atoms with E-state index >= 15 is 0 Å². The molecule has 44 heavy (non-hydrogen) atoms. The van der Waals surface area contributed by atoms with Gasteiger partial charge in [-0.15, -0.1) is 5.10 Å². The first-order valence-corrected chi connectivity index (χ1v) is 14.1. The average Bonchev–Trinajstić information content (AvgIpc) is 3.67. The molecule has 0 bridgehead atoms. The monoisotopic (exact) mass is 607 g/mol. The molecule has 0 unspecified atom stereocenters. The van der Waals surface area contributed by atoms with Crippen molar-refractivity contribution in [3.63, 3.8) is 0 Å². The Kier molecular flexibility index (Phi) is 8.33. The van der Waals surface area contributed by atoms with Crippen molar-refractivity contribution in [2.45, 2.75) is 20.1 Å². The fourth-order valence-corrected chi connectivity index (χ4v) is 4.70. The molecular formula is C33H26ClN5O5. The second-order valence-electron chi connectivity index (χ2n) is 9.89. The van der Waals surface area contributed by atoms with Gasteiger partial charge in [0.05, 0.1) is 24.1 Å². The summed E-state index contributed by atoms with van der Waals surface area (Å²) in [4.78, 5) is 24.2. The summed E-state index contributed by atoms with van der Waals surface area (Å²) in [6.07, 6.45) is 6.57. The summed E-state index contributed by atoms with van der Waals surface area (Å²) >= 11 is 6.08. The van der Waals surface area contributed by atoms with E-state index < -0.39 is 11.6 Å². The highest BCUT2D eigenvalue weighted by atomic mass is 35.5. The minimum atomic E-state index is -0.532. The first kappa shape index (κ1) is 28.6. The third-order valence-electron chi connectivity index (χ3n) is 6.74. The van der Waals surface area contributed by atoms with Crippen molar-refractivity contribution in [2.75, 3.05) is 6.61 Å². The van der Waals surface area contributed by atoms with Crippen molar-refractivity contribution < 1.29 is 18.7 Å². The number of esters is 1. The van der Waals surface area contributed by atoms with E-state index in [4.69, 9.17) is 30.6 Å². The van der Waals surface area contributed by atoms with Gasteiger partial charge >= 0.3 is 11.6 Å². The summed E-state index contributed by atoms with van der Waals surface area (Å²) in [5, 5.41) is 14.4. The van der Waals surface area contributed by atoms with Crippen LogP contribution in [0.4, 0.5) is 0 Å². The van der Waals surface area contributed by atoms with Gasteiger partial charge in [0, 0.05) is 45.9 Å². The van der Waals surface area contributed by atoms with Crippen molar-refractivity contribution in [1.82, 2.24) is 24.8 Å². The topological polar surface area (TPSA) is 114 Å². The molecule has 0 aliphatic heterocycles. The SMILES string of the molecule is Cc1cc(=O)oc2cc(OCCn3cc(COC(=O)/C=C/c4cn(-c5ccccc5)nc4-c4ccc(Cl)cc4)nn3)ccc12. The molecule has 0 radical (unpaired) electrons. The largest absolute Gasteiger partial charge is 0.492 e. The van der Waals surface area contributed by atoms with Gasteiger partial charge in [0.25, 0.3) is 0 Å². The Bertz CT molecular complexity index is 2010. The maximum atomic E-state index is 12.6. The maximum absolute atomic E-state index is 12.6. The van der Waals surface area contributed by atoms with Crippen LogP contribution < -0.4 is 10.4 Å². The number of hydrogen-bond acceptors (Lipinski definition) is 8. The van der Waals surface area contributed by atoms with Crippen molar-refractivity contribution in [3.05, 3.63) is 130 Å². The van der Waals surface area contributed by atoms with Gasteiger partial charge in [0.15, 0.2) is 0 Å². The zero-order chi connectivity index (χ0) is 30.5. The number of carbonyl (C=O) groups excluding carboxylic acids is 1. The van der Waals surface area contributed by atoms with Crippen molar-refractivity contribution in [1.29, 1.82) is 0 Å². The smallest absolute Gasteiger partial charge is 0.336 e. The molecule has 0 amide bonds. The molecule has 220 valence electrons. The molecule has 0 aliphatic carbocycles. The highest BCUT2D eigenvalue weighted by Crippen LogP contribution is 2.26. The summed E-state index contributed by atoms with van der Waals surface area (Å²) in [7, 11) is 0. The molecule has 6 aromatic rings. The summed E-state index contributed by atoms with van der Waals surface area (Å²) < 4.78 is 19.8. The van der Waals surface area contributed by atoms with E-state index in [1.807, 2.05) is 67.7 Å². The van der Waals surface area contributed by atoms with Crippen LogP contribution in [0.2, 0.25) is 5.02 Å². The number of carbonyl (C=O) groups is 1. The zero-order valence-corrected chi connectivity index (χ0v) is 24.3. The van der Waals surface area contributed by atoms with E-state index in [2.05, 4.69) is 10.3 Å². The molecule has 10 nitrogen and oxygen atoms in total. The Morgan fingerprint density at radius 2 is 1.84 bits per heavy atom. The molecule has 0 spiro atoms. The van der Waals surface area contributed by atoms with Crippen molar-refractivity contribution in [2.24, 2.45) is 0 Å². The Balaban J connectivity index is 1.05. The number of hydrogen-bond donors (Lipinski definition) is 0. The van der Waals surface area contributed by atoms with E-state index in [1.165, 1.54) is 12.1 Å². The number of rotatable bonds is 10. The molecule has 0 saturated carbocycles. The van der Waals surface area contributed by atoms with Gasteiger partial charge in [-0.3, -0.25) is 0 Å². The second kappa shape index (κ2) is 12.8. The Hall–Kier alpha value is -5.48. The molecule has 11 heteroatoms. The number of ether oxygens (including phenoxy) is 2. The molecule has 3 aromatic heterocycles. The van der Waals surface area contributed by atoms with Crippen LogP contribution in [0, 0.1) is 6.92 Å². The van der Waals surface area contributed by atoms with Crippen LogP contribution in [0.3, 0.4) is 0 Å². The fraction of sp³-hybridized carbons (Fsp3) is 0.121. The van der Waals surface area contributed by atoms with Gasteiger partial charge in [-0.05, 0) is 55.0 Å². The minimum absolute atomic E-state index is 0.0413. The first-order valence-electron chi connectivity index (χ1n) is 13.7. The number of fused-ring (bicyclic) bond motifs is 1. The lowest BCUT2D eigenvalue weighted by Crippen LogP contribution is -2.09. The molecule has 6 rings (SSSR count). The number of nitrogens with zero attached hydrogens (tertiary/aromatic N) is 5. The Morgan fingerprint density at radius 3 is 2.66 bits per heavy atom. The third kappa shape index (κ3) is 6.77. The molecule has 0 N–H and O–H groups in total. The fourth-order valence-electron chi connectivity index (χ4n) is 4.57. The summed E-state index contributed by atoms with van der Waals surface area (Å²) in [5.74, 6) is 0.0384. The molecular weight excluding hydrogens is 582 g/mol. The van der Waals surface area contributed by atoms with E-state index in [1.54, 1.807) is 39.8 Å². The van der Waals surface area contributed by atoms with Crippen LogP contribution in [-0.4, -0.2) is 37.4 Å². The van der Waals surface area contributed by atoms with E-state index in [0.717, 1.165) is 27.8 Å². The van der Waals surface area contributed by atoms with Crippen molar-refractivity contribution in [3.8, 4) is 22.7 Å². The predicted molar refractivity (Wildman–Crippen MR) is 166 cm³/mol. The summed E-state index contributed by atoms with van der Waals surface area (Å²) in [5.41, 5.74) is 4.59. The van der Waals surface area contributed by atoms with Gasteiger partial charge < -0.3 is 13.9 Å². The highest BCUT2D eigenvalue weighted by Gasteiger charge is 2.12. The molecule has 0 aliphatic rings. The molecule has 3 heterocycles. The number of para-hydroxylation sites is 1. The van der Waals surface area contributed by atoms with Crippen molar-refractivity contribution >= 4 is 34.6 Å². The van der Waals surface area contributed by atoms with Crippen LogP contribution in [0.5, 0.6) is 5.75 Å². The number of halogens is 1. The third-order valence-corrected chi connectivity index (χ3v) is 6.99. The lowest BCUT2D eigenvalue weighted by Gasteiger charge is -2.07. The van der Waals surface area contributed by atoms with E-state index in [-0.39, 0.29) is 6.61 Å². The minimum Gasteiger partial charge on any atom is -0.492 e. The Morgan fingerprint density at radius 1 is 1.02 bits per heavy atom. The van der Waals surface area contributed by atoms with Crippen LogP contribution in [0.15, 0.2) is 107 Å². The quantitative estimate of drug-likeness (QED) is 0.105.